The highest BCUT2D eigenvalue weighted by atomic mass is 31.2. The van der Waals surface area contributed by atoms with Crippen LogP contribution in [0.15, 0.2) is 0 Å². The fraction of sp³-hybridized carbons (Fsp3) is 1.00. The molecule has 0 saturated carbocycles. The van der Waals surface area contributed by atoms with E-state index in [-0.39, 0.29) is 0 Å². The van der Waals surface area contributed by atoms with E-state index in [2.05, 4.69) is 10.0 Å². The van der Waals surface area contributed by atoms with Crippen molar-refractivity contribution >= 4 is 7.75 Å². The van der Waals surface area contributed by atoms with Crippen LogP contribution >= 0.6 is 7.75 Å². The third kappa shape index (κ3) is 6.15. The summed E-state index contributed by atoms with van der Waals surface area (Å²) in [6.45, 7) is -0.971. The van der Waals surface area contributed by atoms with Crippen LogP contribution in [0.3, 0.4) is 0 Å². The Balaban J connectivity index is 3.46. The third-order valence-electron chi connectivity index (χ3n) is 0.663. The summed E-state index contributed by atoms with van der Waals surface area (Å²) in [5, 5.41) is 16.7. The van der Waals surface area contributed by atoms with Gasteiger partial charge in [0.1, 0.15) is 6.10 Å². The van der Waals surface area contributed by atoms with Gasteiger partial charge in [0.2, 0.25) is 0 Å². The van der Waals surface area contributed by atoms with Gasteiger partial charge in [0.05, 0.1) is 13.2 Å². The SMILES string of the molecule is NP(=O)(O)OCC(O)CO. The van der Waals surface area contributed by atoms with E-state index < -0.39 is 27.1 Å². The fourth-order valence-electron chi connectivity index (χ4n) is 0.246. The Morgan fingerprint density at radius 1 is 1.70 bits per heavy atom. The molecular formula is C3H10NO5P. The molecule has 0 radical (unpaired) electrons. The van der Waals surface area contributed by atoms with Gasteiger partial charge in [-0.2, -0.15) is 0 Å². The molecule has 0 amide bonds. The summed E-state index contributed by atoms with van der Waals surface area (Å²) < 4.78 is 14.2. The van der Waals surface area contributed by atoms with E-state index in [0.717, 1.165) is 0 Å². The number of hydrogen-bond donors (Lipinski definition) is 4. The second kappa shape index (κ2) is 4.02. The molecule has 0 aliphatic rings. The van der Waals surface area contributed by atoms with Crippen LogP contribution in [0.5, 0.6) is 0 Å². The van der Waals surface area contributed by atoms with Gasteiger partial charge in [0.15, 0.2) is 0 Å². The number of hydrogen-bond acceptors (Lipinski definition) is 4. The topological polar surface area (TPSA) is 113 Å². The van der Waals surface area contributed by atoms with Crippen LogP contribution in [-0.2, 0) is 9.09 Å². The van der Waals surface area contributed by atoms with Crippen LogP contribution < -0.4 is 5.50 Å². The molecule has 0 fully saturated rings. The van der Waals surface area contributed by atoms with Crippen LogP contribution in [0.2, 0.25) is 0 Å². The molecule has 0 aromatic carbocycles. The molecule has 62 valence electrons. The van der Waals surface area contributed by atoms with Crippen molar-refractivity contribution in [1.82, 2.24) is 0 Å². The van der Waals surface area contributed by atoms with Crippen molar-refractivity contribution in [2.45, 2.75) is 6.10 Å². The maximum absolute atomic E-state index is 10.2. The Labute approximate surface area is 57.8 Å². The third-order valence-corrected chi connectivity index (χ3v) is 1.18. The second-order valence-corrected chi connectivity index (χ2v) is 3.08. The Hall–Kier alpha value is 0.0300. The molecule has 0 aromatic heterocycles. The van der Waals surface area contributed by atoms with Gasteiger partial charge in [-0.25, -0.2) is 10.1 Å². The largest absolute Gasteiger partial charge is 0.400 e. The lowest BCUT2D eigenvalue weighted by atomic mass is 10.4. The van der Waals surface area contributed by atoms with Gasteiger partial charge >= 0.3 is 7.75 Å². The van der Waals surface area contributed by atoms with Gasteiger partial charge < -0.3 is 15.1 Å². The zero-order valence-electron chi connectivity index (χ0n) is 5.17. The molecule has 0 rings (SSSR count). The van der Waals surface area contributed by atoms with Gasteiger partial charge in [0.25, 0.3) is 0 Å². The maximum Gasteiger partial charge on any atom is 0.400 e. The highest BCUT2D eigenvalue weighted by Gasteiger charge is 2.13. The molecule has 6 nitrogen and oxygen atoms in total. The minimum atomic E-state index is -4.00. The van der Waals surface area contributed by atoms with Gasteiger partial charge in [-0.1, -0.05) is 0 Å². The second-order valence-electron chi connectivity index (χ2n) is 1.70. The normalized spacial score (nSPS) is 20.0. The van der Waals surface area contributed by atoms with E-state index in [0.29, 0.717) is 0 Å². The zero-order chi connectivity index (χ0) is 8.20. The van der Waals surface area contributed by atoms with Crippen LogP contribution in [0.1, 0.15) is 0 Å². The lowest BCUT2D eigenvalue weighted by molar-refractivity contribution is 0.0497. The molecule has 0 spiro atoms. The van der Waals surface area contributed by atoms with E-state index in [1.807, 2.05) is 0 Å². The molecule has 0 heterocycles. The number of rotatable bonds is 4. The van der Waals surface area contributed by atoms with E-state index in [4.69, 9.17) is 15.1 Å². The van der Waals surface area contributed by atoms with Crippen LogP contribution in [0.4, 0.5) is 0 Å². The van der Waals surface area contributed by atoms with Crippen molar-refractivity contribution in [2.75, 3.05) is 13.2 Å². The highest BCUT2D eigenvalue weighted by molar-refractivity contribution is 7.50. The molecule has 5 N–H and O–H groups in total. The lowest BCUT2D eigenvalue weighted by Crippen LogP contribution is -2.19. The van der Waals surface area contributed by atoms with Crippen LogP contribution in [0, 0.1) is 0 Å². The Morgan fingerprint density at radius 2 is 2.20 bits per heavy atom. The zero-order valence-corrected chi connectivity index (χ0v) is 6.07. The van der Waals surface area contributed by atoms with Crippen LogP contribution in [0.25, 0.3) is 0 Å². The number of aliphatic hydroxyl groups is 2. The predicted octanol–water partition coefficient (Wildman–Crippen LogP) is -1.58. The fourth-order valence-corrected chi connectivity index (χ4v) is 0.631. The van der Waals surface area contributed by atoms with Crippen LogP contribution in [-0.4, -0.2) is 34.4 Å². The number of nitrogens with two attached hydrogens (primary N) is 1. The molecule has 0 aliphatic heterocycles. The van der Waals surface area contributed by atoms with Crippen molar-refractivity contribution in [2.24, 2.45) is 5.50 Å². The summed E-state index contributed by atoms with van der Waals surface area (Å²) in [5.41, 5.74) is 4.53. The van der Waals surface area contributed by atoms with Gasteiger partial charge in [-0.15, -0.1) is 0 Å². The van der Waals surface area contributed by atoms with Gasteiger partial charge in [-0.05, 0) is 0 Å². The van der Waals surface area contributed by atoms with E-state index >= 15 is 0 Å². The van der Waals surface area contributed by atoms with E-state index in [1.54, 1.807) is 0 Å². The number of aliphatic hydroxyl groups excluding tert-OH is 2. The van der Waals surface area contributed by atoms with Crippen molar-refractivity contribution < 1.29 is 24.2 Å². The first kappa shape index (κ1) is 10.0. The molecule has 10 heavy (non-hydrogen) atoms. The molecule has 0 saturated heterocycles. The molecule has 0 aromatic rings. The average Bonchev–Trinajstić information content (AvgIpc) is 1.81. The van der Waals surface area contributed by atoms with E-state index in [1.165, 1.54) is 0 Å². The summed E-state index contributed by atoms with van der Waals surface area (Å²) in [5.74, 6) is 0. The molecule has 7 heteroatoms. The quantitative estimate of drug-likeness (QED) is 0.379. The minimum Gasteiger partial charge on any atom is -0.394 e. The Bertz CT molecular complexity index is 133. The molecule has 2 atom stereocenters. The molecule has 0 bridgehead atoms. The molecular weight excluding hydrogens is 161 g/mol. The summed E-state index contributed by atoms with van der Waals surface area (Å²) in [6.07, 6.45) is -1.16. The smallest absolute Gasteiger partial charge is 0.394 e. The monoisotopic (exact) mass is 171 g/mol. The summed E-state index contributed by atoms with van der Waals surface area (Å²) in [6, 6.07) is 0. The summed E-state index contributed by atoms with van der Waals surface area (Å²) >= 11 is 0. The molecule has 2 unspecified atom stereocenters. The van der Waals surface area contributed by atoms with Crippen molar-refractivity contribution in [3.05, 3.63) is 0 Å². The Morgan fingerprint density at radius 3 is 2.50 bits per heavy atom. The highest BCUT2D eigenvalue weighted by Crippen LogP contribution is 2.30. The first-order valence-electron chi connectivity index (χ1n) is 2.50. The molecule has 0 aliphatic carbocycles. The van der Waals surface area contributed by atoms with Gasteiger partial charge in [-0.3, -0.25) is 4.52 Å². The Kier molecular flexibility index (Phi) is 4.04. The van der Waals surface area contributed by atoms with E-state index in [9.17, 15) is 4.57 Å². The average molecular weight is 171 g/mol. The van der Waals surface area contributed by atoms with Crippen molar-refractivity contribution in [3.63, 3.8) is 0 Å². The lowest BCUT2D eigenvalue weighted by Gasteiger charge is -2.08. The first-order chi connectivity index (χ1) is 4.45. The summed E-state index contributed by atoms with van der Waals surface area (Å²) in [4.78, 5) is 8.28. The summed E-state index contributed by atoms with van der Waals surface area (Å²) in [7, 11) is -4.00. The predicted molar refractivity (Wildman–Crippen MR) is 33.1 cm³/mol. The van der Waals surface area contributed by atoms with Gasteiger partial charge in [0, 0.05) is 0 Å². The minimum absolute atomic E-state index is 0.444. The van der Waals surface area contributed by atoms with Crippen molar-refractivity contribution in [3.8, 4) is 0 Å². The standard InChI is InChI=1S/C3H10NO5P/c4-10(7,8)9-2-3(6)1-5/h3,5-6H,1-2H2,(H3,4,7,8). The maximum atomic E-state index is 10.2. The van der Waals surface area contributed by atoms with Crippen molar-refractivity contribution in [1.29, 1.82) is 0 Å². The first-order valence-corrected chi connectivity index (χ1v) is 4.15.